The van der Waals surface area contributed by atoms with Gasteiger partial charge >= 0.3 is 6.03 Å². The molecule has 1 fully saturated rings. The number of nitrogens with one attached hydrogen (secondary N) is 2. The lowest BCUT2D eigenvalue weighted by molar-refractivity contribution is 0.201. The highest BCUT2D eigenvalue weighted by molar-refractivity contribution is 5.89. The maximum atomic E-state index is 14.0. The fourth-order valence-corrected chi connectivity index (χ4v) is 2.52. The average molecular weight is 310 g/mol. The molecule has 1 aliphatic rings. The van der Waals surface area contributed by atoms with Gasteiger partial charge in [0.05, 0.1) is 6.10 Å². The van der Waals surface area contributed by atoms with E-state index in [1.54, 1.807) is 19.1 Å². The van der Waals surface area contributed by atoms with Gasteiger partial charge in [-0.15, -0.1) is 0 Å². The van der Waals surface area contributed by atoms with Gasteiger partial charge in [0.1, 0.15) is 0 Å². The second kappa shape index (κ2) is 7.98. The number of carbonyl (C=O) groups is 1. The molecule has 1 aromatic rings. The third-order valence-electron chi connectivity index (χ3n) is 3.73. The summed E-state index contributed by atoms with van der Waals surface area (Å²) < 4.78 is 19.6. The van der Waals surface area contributed by atoms with Gasteiger partial charge in [-0.1, -0.05) is 0 Å². The molecule has 6 heteroatoms. The highest BCUT2D eigenvalue weighted by atomic mass is 19.1. The summed E-state index contributed by atoms with van der Waals surface area (Å²) in [7, 11) is 0. The van der Waals surface area contributed by atoms with E-state index < -0.39 is 11.8 Å². The van der Waals surface area contributed by atoms with Crippen molar-refractivity contribution >= 4 is 11.7 Å². The number of carbonyl (C=O) groups excluding carboxylic acids is 1. The van der Waals surface area contributed by atoms with E-state index in [1.807, 2.05) is 0 Å². The summed E-state index contributed by atoms with van der Waals surface area (Å²) in [6, 6.07) is 3.83. The monoisotopic (exact) mass is 310 g/mol. The van der Waals surface area contributed by atoms with Gasteiger partial charge in [-0.2, -0.15) is 0 Å². The van der Waals surface area contributed by atoms with E-state index in [-0.39, 0.29) is 24.5 Å². The second-order valence-corrected chi connectivity index (χ2v) is 5.68. The second-order valence-electron chi connectivity index (χ2n) is 5.68. The number of ether oxygens (including phenoxy) is 1. The summed E-state index contributed by atoms with van der Waals surface area (Å²) in [5.74, 6) is -0.250. The van der Waals surface area contributed by atoms with E-state index in [0.29, 0.717) is 12.1 Å². The first-order valence-electron chi connectivity index (χ1n) is 7.73. The van der Waals surface area contributed by atoms with E-state index >= 15 is 0 Å². The van der Waals surface area contributed by atoms with Crippen molar-refractivity contribution in [3.63, 3.8) is 0 Å². The van der Waals surface area contributed by atoms with E-state index in [1.165, 1.54) is 6.07 Å². The van der Waals surface area contributed by atoms with Crippen LogP contribution in [0, 0.1) is 5.82 Å². The van der Waals surface area contributed by atoms with Crippen LogP contribution in [0.25, 0.3) is 0 Å². The number of aliphatic hydroxyl groups excluding tert-OH is 1. The molecule has 5 nitrogen and oxygen atoms in total. The highest BCUT2D eigenvalue weighted by Crippen LogP contribution is 2.27. The van der Waals surface area contributed by atoms with Crippen molar-refractivity contribution in [3.05, 3.63) is 24.0 Å². The smallest absolute Gasteiger partial charge is 0.319 e. The molecule has 3 N–H and O–H groups in total. The number of hydrogen-bond donors (Lipinski definition) is 3. The number of urea groups is 1. The van der Waals surface area contributed by atoms with Gasteiger partial charge in [-0.25, -0.2) is 9.18 Å². The fraction of sp³-hybridized carbons (Fsp3) is 0.562. The normalized spacial score (nSPS) is 16.3. The molecule has 0 spiro atoms. The predicted molar refractivity (Wildman–Crippen MR) is 82.6 cm³/mol. The molecule has 122 valence electrons. The number of halogens is 1. The van der Waals surface area contributed by atoms with Gasteiger partial charge in [0.25, 0.3) is 0 Å². The first-order valence-corrected chi connectivity index (χ1v) is 7.73. The Balaban J connectivity index is 1.89. The van der Waals surface area contributed by atoms with Gasteiger partial charge in [0.15, 0.2) is 11.6 Å². The molecule has 2 rings (SSSR count). The topological polar surface area (TPSA) is 70.6 Å². The molecule has 0 unspecified atom stereocenters. The summed E-state index contributed by atoms with van der Waals surface area (Å²) in [6.07, 6.45) is 4.73. The molecule has 0 heterocycles. The summed E-state index contributed by atoms with van der Waals surface area (Å²) in [6.45, 7) is 1.79. The molecule has 0 saturated heterocycles. The Morgan fingerprint density at radius 2 is 2.18 bits per heavy atom. The third kappa shape index (κ3) is 4.87. The summed E-state index contributed by atoms with van der Waals surface area (Å²) in [4.78, 5) is 11.7. The molecule has 0 bridgehead atoms. The molecule has 0 aromatic heterocycles. The zero-order chi connectivity index (χ0) is 15.9. The van der Waals surface area contributed by atoms with Crippen molar-refractivity contribution in [2.45, 2.75) is 51.2 Å². The zero-order valence-electron chi connectivity index (χ0n) is 12.8. The maximum Gasteiger partial charge on any atom is 0.319 e. The molecule has 1 aliphatic carbocycles. The van der Waals surface area contributed by atoms with Crippen LogP contribution in [0.3, 0.4) is 0 Å². The third-order valence-corrected chi connectivity index (χ3v) is 3.73. The van der Waals surface area contributed by atoms with Crippen LogP contribution < -0.4 is 15.4 Å². The molecule has 1 atom stereocenters. The number of aliphatic hydroxyl groups is 1. The molecule has 1 saturated carbocycles. The van der Waals surface area contributed by atoms with Crippen LogP contribution in [0.5, 0.6) is 5.75 Å². The molecule has 0 aliphatic heterocycles. The highest BCUT2D eigenvalue weighted by Gasteiger charge is 2.18. The Morgan fingerprint density at radius 1 is 1.45 bits per heavy atom. The van der Waals surface area contributed by atoms with E-state index in [9.17, 15) is 9.18 Å². The van der Waals surface area contributed by atoms with Crippen molar-refractivity contribution in [2.75, 3.05) is 11.9 Å². The predicted octanol–water partition coefficient (Wildman–Crippen LogP) is 3.04. The maximum absolute atomic E-state index is 14.0. The van der Waals surface area contributed by atoms with Crippen LogP contribution in [0.15, 0.2) is 18.2 Å². The largest absolute Gasteiger partial charge is 0.487 e. The van der Waals surface area contributed by atoms with Gasteiger partial charge in [0.2, 0.25) is 0 Å². The van der Waals surface area contributed by atoms with Crippen LogP contribution in [0.4, 0.5) is 14.9 Å². The van der Waals surface area contributed by atoms with Crippen molar-refractivity contribution < 1.29 is 19.0 Å². The van der Waals surface area contributed by atoms with E-state index in [4.69, 9.17) is 9.84 Å². The van der Waals surface area contributed by atoms with Crippen molar-refractivity contribution in [1.82, 2.24) is 5.32 Å². The fourth-order valence-electron chi connectivity index (χ4n) is 2.52. The number of benzene rings is 1. The minimum atomic E-state index is -0.479. The first-order chi connectivity index (χ1) is 10.6. The lowest BCUT2D eigenvalue weighted by Crippen LogP contribution is -2.36. The molecule has 22 heavy (non-hydrogen) atoms. The number of anilines is 1. The SMILES string of the molecule is C[C@H](CCO)NC(=O)Nc1ccc(OC2CCCC2)c(F)c1. The van der Waals surface area contributed by atoms with Crippen molar-refractivity contribution in [3.8, 4) is 5.75 Å². The minimum Gasteiger partial charge on any atom is -0.487 e. The Morgan fingerprint density at radius 3 is 2.82 bits per heavy atom. The first kappa shape index (κ1) is 16.5. The zero-order valence-corrected chi connectivity index (χ0v) is 12.8. The Hall–Kier alpha value is -1.82. The van der Waals surface area contributed by atoms with Crippen LogP contribution in [-0.4, -0.2) is 29.9 Å². The number of hydrogen-bond acceptors (Lipinski definition) is 3. The molecule has 1 aromatic carbocycles. The molecular formula is C16H23FN2O3. The van der Waals surface area contributed by atoms with Crippen LogP contribution in [-0.2, 0) is 0 Å². The molecule has 0 radical (unpaired) electrons. The lowest BCUT2D eigenvalue weighted by atomic mass is 10.2. The van der Waals surface area contributed by atoms with Crippen LogP contribution in [0.1, 0.15) is 39.0 Å². The average Bonchev–Trinajstić information content (AvgIpc) is 2.95. The molecular weight excluding hydrogens is 287 g/mol. The van der Waals surface area contributed by atoms with Crippen LogP contribution >= 0.6 is 0 Å². The van der Waals surface area contributed by atoms with Crippen molar-refractivity contribution in [2.24, 2.45) is 0 Å². The Labute approximate surface area is 129 Å². The van der Waals surface area contributed by atoms with Gasteiger partial charge in [-0.3, -0.25) is 0 Å². The minimum absolute atomic E-state index is 0.00325. The lowest BCUT2D eigenvalue weighted by Gasteiger charge is -2.15. The summed E-state index contributed by atoms with van der Waals surface area (Å²) in [5, 5.41) is 14.0. The Kier molecular flexibility index (Phi) is 6.00. The van der Waals surface area contributed by atoms with Gasteiger partial charge in [0, 0.05) is 24.4 Å². The van der Waals surface area contributed by atoms with Crippen molar-refractivity contribution in [1.29, 1.82) is 0 Å². The van der Waals surface area contributed by atoms with Gasteiger partial charge in [-0.05, 0) is 51.2 Å². The van der Waals surface area contributed by atoms with E-state index in [0.717, 1.165) is 25.7 Å². The summed E-state index contributed by atoms with van der Waals surface area (Å²) >= 11 is 0. The standard InChI is InChI=1S/C16H23FN2O3/c1-11(8-9-20)18-16(21)19-12-6-7-15(14(17)10-12)22-13-4-2-3-5-13/h6-7,10-11,13,20H,2-5,8-9H2,1H3,(H2,18,19,21)/t11-/m1/s1. The summed E-state index contributed by atoms with van der Waals surface area (Å²) in [5.41, 5.74) is 0.366. The van der Waals surface area contributed by atoms with E-state index in [2.05, 4.69) is 10.6 Å². The number of amides is 2. The molecule has 2 amide bonds. The quantitative estimate of drug-likeness (QED) is 0.756. The van der Waals surface area contributed by atoms with Gasteiger partial charge < -0.3 is 20.5 Å². The van der Waals surface area contributed by atoms with Crippen LogP contribution in [0.2, 0.25) is 0 Å². The number of rotatable bonds is 6. The Bertz CT molecular complexity index is 504.